The molecule has 1 atom stereocenters. The Balaban J connectivity index is 2.03. The third-order valence-corrected chi connectivity index (χ3v) is 5.02. The molecule has 0 heterocycles. The average Bonchev–Trinajstić information content (AvgIpc) is 2.65. The van der Waals surface area contributed by atoms with E-state index in [1.807, 2.05) is 26.1 Å². The largest absolute Gasteiger partial charge is 0.493 e. The van der Waals surface area contributed by atoms with E-state index in [4.69, 9.17) is 21.1 Å². The number of nitrogens with zero attached hydrogens (tertiary/aromatic N) is 1. The summed E-state index contributed by atoms with van der Waals surface area (Å²) in [7, 11) is 6.77. The zero-order valence-corrected chi connectivity index (χ0v) is 17.7. The van der Waals surface area contributed by atoms with Gasteiger partial charge in [-0.05, 0) is 42.3 Å². The Morgan fingerprint density at radius 2 is 1.86 bits per heavy atom. The van der Waals surface area contributed by atoms with Crippen LogP contribution in [0.5, 0.6) is 11.5 Å². The van der Waals surface area contributed by atoms with Gasteiger partial charge in [-0.3, -0.25) is 4.79 Å². The number of quaternary nitrogens is 1. The van der Waals surface area contributed by atoms with Crippen LogP contribution in [0.1, 0.15) is 16.7 Å². The quantitative estimate of drug-likeness (QED) is 0.728. The fourth-order valence-electron chi connectivity index (χ4n) is 3.00. The van der Waals surface area contributed by atoms with Gasteiger partial charge < -0.3 is 19.3 Å². The number of nitrogens with one attached hydrogen (secondary N) is 1. The third kappa shape index (κ3) is 5.36. The fourth-order valence-corrected chi connectivity index (χ4v) is 3.23. The Labute approximate surface area is 170 Å². The molecule has 152 valence electrons. The molecule has 0 aliphatic carbocycles. The van der Waals surface area contributed by atoms with Crippen LogP contribution in [-0.4, -0.2) is 45.7 Å². The van der Waals surface area contributed by atoms with Crippen molar-refractivity contribution in [3.63, 3.8) is 0 Å². The smallest absolute Gasteiger partial charge is 0.277 e. The first-order valence-electron chi connectivity index (χ1n) is 8.96. The summed E-state index contributed by atoms with van der Waals surface area (Å²) in [6.45, 7) is 2.97. The van der Waals surface area contributed by atoms with Crippen molar-refractivity contribution >= 4 is 17.5 Å². The minimum Gasteiger partial charge on any atom is -0.493 e. The van der Waals surface area contributed by atoms with Gasteiger partial charge in [0, 0.05) is 13.6 Å². The minimum atomic E-state index is -0.353. The fraction of sp³-hybridized carbons (Fsp3) is 0.381. The molecule has 0 radical (unpaired) electrons. The number of amides is 1. The number of methoxy groups -OCH3 is 2. The molecule has 0 aromatic heterocycles. The average molecular weight is 410 g/mol. The number of rotatable bonds is 8. The van der Waals surface area contributed by atoms with Crippen LogP contribution in [0.2, 0.25) is 5.02 Å². The van der Waals surface area contributed by atoms with E-state index in [0.29, 0.717) is 35.2 Å². The molecule has 2 aromatic carbocycles. The third-order valence-electron chi connectivity index (χ3n) is 4.67. The van der Waals surface area contributed by atoms with Crippen molar-refractivity contribution in [2.24, 2.45) is 0 Å². The monoisotopic (exact) mass is 409 g/mol. The maximum absolute atomic E-state index is 14.0. The number of hydrogen-bond donors (Lipinski definition) is 1. The van der Waals surface area contributed by atoms with Crippen LogP contribution in [0, 0.1) is 12.7 Å². The van der Waals surface area contributed by atoms with E-state index in [0.717, 1.165) is 16.0 Å². The highest BCUT2D eigenvalue weighted by Crippen LogP contribution is 2.30. The van der Waals surface area contributed by atoms with Gasteiger partial charge in [-0.2, -0.15) is 0 Å². The Morgan fingerprint density at radius 1 is 1.21 bits per heavy atom. The number of halogens is 2. The van der Waals surface area contributed by atoms with Crippen LogP contribution in [0.3, 0.4) is 0 Å². The summed E-state index contributed by atoms with van der Waals surface area (Å²) in [5.41, 5.74) is 2.41. The van der Waals surface area contributed by atoms with Crippen LogP contribution in [-0.2, 0) is 17.9 Å². The van der Waals surface area contributed by atoms with Crippen molar-refractivity contribution in [3.05, 3.63) is 57.9 Å². The number of carbonyl (C=O) groups is 1. The maximum atomic E-state index is 14.0. The van der Waals surface area contributed by atoms with Gasteiger partial charge in [-0.15, -0.1) is 0 Å². The van der Waals surface area contributed by atoms with Crippen molar-refractivity contribution in [3.8, 4) is 11.5 Å². The second kappa shape index (κ2) is 9.75. The molecule has 0 bridgehead atoms. The van der Waals surface area contributed by atoms with E-state index >= 15 is 0 Å². The van der Waals surface area contributed by atoms with Crippen molar-refractivity contribution in [1.29, 1.82) is 0 Å². The van der Waals surface area contributed by atoms with Gasteiger partial charge >= 0.3 is 0 Å². The highest BCUT2D eigenvalue weighted by atomic mass is 35.5. The lowest BCUT2D eigenvalue weighted by molar-refractivity contribution is -0.885. The molecule has 2 aromatic rings. The number of hydrogen-bond acceptors (Lipinski definition) is 3. The first-order chi connectivity index (χ1) is 13.3. The first kappa shape index (κ1) is 22.0. The van der Waals surface area contributed by atoms with Crippen LogP contribution >= 0.6 is 11.6 Å². The molecule has 1 N–H and O–H groups in total. The van der Waals surface area contributed by atoms with E-state index in [1.54, 1.807) is 38.3 Å². The van der Waals surface area contributed by atoms with E-state index in [1.165, 1.54) is 6.07 Å². The molecule has 0 saturated heterocycles. The second-order valence-corrected chi connectivity index (χ2v) is 7.30. The topological polar surface area (TPSA) is 43.2 Å². The molecule has 0 spiro atoms. The SMILES string of the molecule is COc1cc(C)c(CN(C)C(=O)C[NH+](C)Cc2c(F)cccc2Cl)cc1OC. The summed E-state index contributed by atoms with van der Waals surface area (Å²) in [6, 6.07) is 8.38. The van der Waals surface area contributed by atoms with Gasteiger partial charge in [0.2, 0.25) is 0 Å². The molecule has 1 unspecified atom stereocenters. The van der Waals surface area contributed by atoms with Crippen LogP contribution in [0.15, 0.2) is 30.3 Å². The second-order valence-electron chi connectivity index (χ2n) is 6.89. The maximum Gasteiger partial charge on any atom is 0.277 e. The predicted molar refractivity (Wildman–Crippen MR) is 108 cm³/mol. The van der Waals surface area contributed by atoms with E-state index in [-0.39, 0.29) is 18.3 Å². The zero-order chi connectivity index (χ0) is 20.8. The molecule has 0 aliphatic heterocycles. The molecule has 2 rings (SSSR count). The van der Waals surface area contributed by atoms with Crippen LogP contribution in [0.4, 0.5) is 4.39 Å². The summed E-state index contributed by atoms with van der Waals surface area (Å²) in [5.74, 6) is 0.886. The van der Waals surface area contributed by atoms with Gasteiger partial charge in [0.05, 0.1) is 31.9 Å². The summed E-state index contributed by atoms with van der Waals surface area (Å²) in [4.78, 5) is 15.1. The van der Waals surface area contributed by atoms with Crippen molar-refractivity contribution in [1.82, 2.24) is 4.90 Å². The molecule has 0 fully saturated rings. The van der Waals surface area contributed by atoms with Crippen molar-refractivity contribution in [2.45, 2.75) is 20.0 Å². The highest BCUT2D eigenvalue weighted by molar-refractivity contribution is 6.31. The predicted octanol–water partition coefficient (Wildman–Crippen LogP) is 2.48. The minimum absolute atomic E-state index is 0.0425. The Bertz CT molecular complexity index is 824. The summed E-state index contributed by atoms with van der Waals surface area (Å²) in [5, 5.41) is 0.376. The molecular weight excluding hydrogens is 383 g/mol. The molecule has 0 aliphatic rings. The van der Waals surface area contributed by atoms with Gasteiger partial charge in [0.25, 0.3) is 5.91 Å². The first-order valence-corrected chi connectivity index (χ1v) is 9.34. The van der Waals surface area contributed by atoms with Gasteiger partial charge in [0.1, 0.15) is 12.4 Å². The summed E-state index contributed by atoms with van der Waals surface area (Å²) < 4.78 is 24.6. The van der Waals surface area contributed by atoms with Gasteiger partial charge in [0.15, 0.2) is 18.0 Å². The van der Waals surface area contributed by atoms with E-state index in [9.17, 15) is 9.18 Å². The molecular formula is C21H27ClFN2O3+. The molecule has 28 heavy (non-hydrogen) atoms. The Morgan fingerprint density at radius 3 is 2.46 bits per heavy atom. The lowest BCUT2D eigenvalue weighted by atomic mass is 10.1. The molecule has 5 nitrogen and oxygen atoms in total. The molecule has 7 heteroatoms. The lowest BCUT2D eigenvalue weighted by Crippen LogP contribution is -3.08. The normalized spacial score (nSPS) is 11.8. The number of benzene rings is 2. The van der Waals surface area contributed by atoms with E-state index in [2.05, 4.69) is 0 Å². The summed E-state index contributed by atoms with van der Waals surface area (Å²) in [6.07, 6.45) is 0. The van der Waals surface area contributed by atoms with Gasteiger partial charge in [-0.1, -0.05) is 17.7 Å². The number of aryl methyl sites for hydroxylation is 1. The highest BCUT2D eigenvalue weighted by Gasteiger charge is 2.19. The van der Waals surface area contributed by atoms with Crippen molar-refractivity contribution < 1.29 is 23.6 Å². The standard InChI is InChI=1S/C21H26ClFN2O3/c1-14-9-19(27-4)20(28-5)10-15(14)11-25(3)21(26)13-24(2)12-16-17(22)7-6-8-18(16)23/h6-10H,11-13H2,1-5H3/p+1. The molecule has 1 amide bonds. The number of carbonyl (C=O) groups excluding carboxylic acids is 1. The molecule has 0 saturated carbocycles. The van der Waals surface area contributed by atoms with Crippen molar-refractivity contribution in [2.75, 3.05) is 34.9 Å². The number of likely N-dealkylation sites (N-methyl/N-ethyl adjacent to an activating group) is 2. The lowest BCUT2D eigenvalue weighted by Gasteiger charge is -2.22. The Hall–Kier alpha value is -2.31. The summed E-state index contributed by atoms with van der Waals surface area (Å²) >= 11 is 6.08. The van der Waals surface area contributed by atoms with Gasteiger partial charge in [-0.25, -0.2) is 4.39 Å². The number of ether oxygens (including phenoxy) is 2. The van der Waals surface area contributed by atoms with Crippen LogP contribution in [0.25, 0.3) is 0 Å². The Kier molecular flexibility index (Phi) is 7.66. The van der Waals surface area contributed by atoms with Crippen LogP contribution < -0.4 is 14.4 Å². The zero-order valence-electron chi connectivity index (χ0n) is 16.9. The van der Waals surface area contributed by atoms with E-state index < -0.39 is 0 Å².